The summed E-state index contributed by atoms with van der Waals surface area (Å²) >= 11 is 0. The molecule has 5 rings (SSSR count). The quantitative estimate of drug-likeness (QED) is 0.576. The van der Waals surface area contributed by atoms with Crippen LogP contribution in [0.5, 0.6) is 11.5 Å². The number of ether oxygens (including phenoxy) is 4. The molecule has 9 nitrogen and oxygen atoms in total. The normalized spacial score (nSPS) is 19.8. The Morgan fingerprint density at radius 2 is 1.81 bits per heavy atom. The molecule has 3 aliphatic rings. The van der Waals surface area contributed by atoms with E-state index in [9.17, 15) is 14.0 Å². The maximum absolute atomic E-state index is 13.8. The molecule has 2 fully saturated rings. The Kier molecular flexibility index (Phi) is 7.64. The molecular formula is C26H30FN3O6. The second kappa shape index (κ2) is 11.2. The van der Waals surface area contributed by atoms with Crippen LogP contribution in [0.4, 0.5) is 4.39 Å². The smallest absolute Gasteiger partial charge is 0.254 e. The van der Waals surface area contributed by atoms with E-state index in [1.807, 2.05) is 0 Å². The predicted octanol–water partition coefficient (Wildman–Crippen LogP) is 1.87. The number of hydrogen-bond acceptors (Lipinski definition) is 7. The first-order chi connectivity index (χ1) is 17.6. The lowest BCUT2D eigenvalue weighted by atomic mass is 10.1. The van der Waals surface area contributed by atoms with E-state index in [4.69, 9.17) is 18.9 Å². The van der Waals surface area contributed by atoms with Crippen LogP contribution in [-0.2, 0) is 9.47 Å². The molecule has 0 saturated carbocycles. The van der Waals surface area contributed by atoms with Crippen molar-refractivity contribution >= 4 is 11.8 Å². The second-order valence-electron chi connectivity index (χ2n) is 9.03. The van der Waals surface area contributed by atoms with Crippen LogP contribution < -0.4 is 9.47 Å². The topological polar surface area (TPSA) is 80.8 Å². The van der Waals surface area contributed by atoms with Crippen LogP contribution in [0.3, 0.4) is 0 Å². The summed E-state index contributed by atoms with van der Waals surface area (Å²) in [6.45, 7) is 5.69. The van der Waals surface area contributed by atoms with Crippen molar-refractivity contribution in [1.29, 1.82) is 0 Å². The van der Waals surface area contributed by atoms with Crippen LogP contribution in [0, 0.1) is 5.82 Å². The van der Waals surface area contributed by atoms with Crippen molar-refractivity contribution in [1.82, 2.24) is 14.7 Å². The fourth-order valence-electron chi connectivity index (χ4n) is 4.64. The maximum atomic E-state index is 13.8. The molecular weight excluding hydrogens is 469 g/mol. The van der Waals surface area contributed by atoms with Gasteiger partial charge in [0.25, 0.3) is 11.8 Å². The zero-order chi connectivity index (χ0) is 24.9. The van der Waals surface area contributed by atoms with Gasteiger partial charge in [-0.2, -0.15) is 0 Å². The van der Waals surface area contributed by atoms with Crippen molar-refractivity contribution in [2.45, 2.75) is 6.10 Å². The number of nitrogens with zero attached hydrogens (tertiary/aromatic N) is 3. The molecule has 10 heteroatoms. The number of benzene rings is 2. The predicted molar refractivity (Wildman–Crippen MR) is 128 cm³/mol. The van der Waals surface area contributed by atoms with Crippen LogP contribution in [-0.4, -0.2) is 105 Å². The van der Waals surface area contributed by atoms with E-state index in [0.29, 0.717) is 75.2 Å². The largest absolute Gasteiger partial charge is 0.454 e. The van der Waals surface area contributed by atoms with Crippen LogP contribution in [0.2, 0.25) is 0 Å². The van der Waals surface area contributed by atoms with E-state index >= 15 is 0 Å². The molecule has 36 heavy (non-hydrogen) atoms. The highest BCUT2D eigenvalue weighted by Gasteiger charge is 2.29. The summed E-state index contributed by atoms with van der Waals surface area (Å²) in [5, 5.41) is 0. The molecule has 2 saturated heterocycles. The average Bonchev–Trinajstić information content (AvgIpc) is 3.39. The van der Waals surface area contributed by atoms with Crippen molar-refractivity contribution in [2.75, 3.05) is 72.4 Å². The molecule has 2 aromatic carbocycles. The Morgan fingerprint density at radius 1 is 0.972 bits per heavy atom. The number of morpholine rings is 2. The summed E-state index contributed by atoms with van der Waals surface area (Å²) in [6.07, 6.45) is -0.362. The van der Waals surface area contributed by atoms with Crippen LogP contribution >= 0.6 is 0 Å². The van der Waals surface area contributed by atoms with Gasteiger partial charge in [-0.15, -0.1) is 0 Å². The summed E-state index contributed by atoms with van der Waals surface area (Å²) in [4.78, 5) is 32.2. The monoisotopic (exact) mass is 499 g/mol. The SMILES string of the molecule is O=C(c1ccc2c(c1)OCO2)N1CCOC(CN(CCN2CCOCC2)C(=O)c2cccc(F)c2)C1. The van der Waals surface area contributed by atoms with Gasteiger partial charge in [-0.3, -0.25) is 14.5 Å². The maximum Gasteiger partial charge on any atom is 0.254 e. The minimum atomic E-state index is -0.455. The van der Waals surface area contributed by atoms with Crippen molar-refractivity contribution < 1.29 is 32.9 Å². The number of amides is 2. The van der Waals surface area contributed by atoms with Gasteiger partial charge >= 0.3 is 0 Å². The van der Waals surface area contributed by atoms with Crippen LogP contribution in [0.1, 0.15) is 20.7 Å². The Labute approximate surface area is 209 Å². The Hall–Kier alpha value is -3.21. The fourth-order valence-corrected chi connectivity index (χ4v) is 4.64. The van der Waals surface area contributed by atoms with Gasteiger partial charge in [-0.25, -0.2) is 4.39 Å². The van der Waals surface area contributed by atoms with E-state index in [1.165, 1.54) is 18.2 Å². The first-order valence-electron chi connectivity index (χ1n) is 12.2. The number of hydrogen-bond donors (Lipinski definition) is 0. The Bertz CT molecular complexity index is 1090. The molecule has 3 aliphatic heterocycles. The number of carbonyl (C=O) groups is 2. The Morgan fingerprint density at radius 3 is 2.64 bits per heavy atom. The van der Waals surface area contributed by atoms with Crippen molar-refractivity contribution in [2.24, 2.45) is 0 Å². The minimum absolute atomic E-state index is 0.127. The molecule has 192 valence electrons. The molecule has 0 aliphatic carbocycles. The highest BCUT2D eigenvalue weighted by molar-refractivity contribution is 5.95. The van der Waals surface area contributed by atoms with E-state index in [-0.39, 0.29) is 24.7 Å². The van der Waals surface area contributed by atoms with Gasteiger partial charge in [0.2, 0.25) is 6.79 Å². The van der Waals surface area contributed by atoms with E-state index in [2.05, 4.69) is 4.90 Å². The van der Waals surface area contributed by atoms with Crippen molar-refractivity contribution in [3.05, 3.63) is 59.4 Å². The lowest BCUT2D eigenvalue weighted by Gasteiger charge is -2.37. The number of rotatable bonds is 7. The van der Waals surface area contributed by atoms with Gasteiger partial charge in [0.15, 0.2) is 11.5 Å². The lowest BCUT2D eigenvalue weighted by Crippen LogP contribution is -2.52. The van der Waals surface area contributed by atoms with Crippen molar-refractivity contribution in [3.63, 3.8) is 0 Å². The molecule has 0 N–H and O–H groups in total. The summed E-state index contributed by atoms with van der Waals surface area (Å²) in [7, 11) is 0. The third-order valence-corrected chi connectivity index (χ3v) is 6.62. The molecule has 0 aromatic heterocycles. The zero-order valence-corrected chi connectivity index (χ0v) is 20.1. The highest BCUT2D eigenvalue weighted by Crippen LogP contribution is 2.33. The van der Waals surface area contributed by atoms with Crippen LogP contribution in [0.25, 0.3) is 0 Å². The molecule has 1 atom stereocenters. The van der Waals surface area contributed by atoms with Gasteiger partial charge in [0, 0.05) is 56.9 Å². The lowest BCUT2D eigenvalue weighted by molar-refractivity contribution is -0.0347. The first kappa shape index (κ1) is 24.5. The van der Waals surface area contributed by atoms with Gasteiger partial charge in [0.05, 0.1) is 25.9 Å². The van der Waals surface area contributed by atoms with Gasteiger partial charge in [0.1, 0.15) is 5.82 Å². The number of carbonyl (C=O) groups excluding carboxylic acids is 2. The summed E-state index contributed by atoms with van der Waals surface area (Å²) in [5.74, 6) is 0.339. The fraction of sp³-hybridized carbons (Fsp3) is 0.462. The second-order valence-corrected chi connectivity index (χ2v) is 9.03. The molecule has 0 radical (unpaired) electrons. The van der Waals surface area contributed by atoms with Gasteiger partial charge < -0.3 is 28.7 Å². The molecule has 2 amide bonds. The highest BCUT2D eigenvalue weighted by atomic mass is 19.1. The van der Waals surface area contributed by atoms with Crippen LogP contribution in [0.15, 0.2) is 42.5 Å². The van der Waals surface area contributed by atoms with E-state index in [1.54, 1.807) is 34.1 Å². The number of halogens is 1. The third-order valence-electron chi connectivity index (χ3n) is 6.62. The van der Waals surface area contributed by atoms with Crippen molar-refractivity contribution in [3.8, 4) is 11.5 Å². The summed E-state index contributed by atoms with van der Waals surface area (Å²) < 4.78 is 35.9. The average molecular weight is 500 g/mol. The molecule has 0 bridgehead atoms. The Balaban J connectivity index is 1.26. The third kappa shape index (κ3) is 5.77. The van der Waals surface area contributed by atoms with Gasteiger partial charge in [-0.05, 0) is 36.4 Å². The summed E-state index contributed by atoms with van der Waals surface area (Å²) in [6, 6.07) is 10.9. The van der Waals surface area contributed by atoms with E-state index < -0.39 is 5.82 Å². The molecule has 3 heterocycles. The molecule has 0 spiro atoms. The first-order valence-corrected chi connectivity index (χ1v) is 12.2. The molecule has 1 unspecified atom stereocenters. The number of fused-ring (bicyclic) bond motifs is 1. The standard InChI is InChI=1S/C26H30FN3O6/c27-21-3-1-2-19(14-21)25(31)29(7-6-28-8-11-33-12-9-28)16-22-17-30(10-13-34-22)26(32)20-4-5-23-24(15-20)36-18-35-23/h1-5,14-15,22H,6-13,16-18H2. The van der Waals surface area contributed by atoms with E-state index in [0.717, 1.165) is 13.1 Å². The minimum Gasteiger partial charge on any atom is -0.454 e. The zero-order valence-electron chi connectivity index (χ0n) is 20.1. The van der Waals surface area contributed by atoms with Gasteiger partial charge in [-0.1, -0.05) is 6.07 Å². The summed E-state index contributed by atoms with van der Waals surface area (Å²) in [5.41, 5.74) is 0.806. The molecule has 2 aromatic rings.